The molecule has 0 N–H and O–H groups in total. The van der Waals surface area contributed by atoms with Crippen LogP contribution in [0, 0.1) is 0 Å². The average molecular weight is 274 g/mol. The quantitative estimate of drug-likeness (QED) is 0.534. The maximum absolute atomic E-state index is 11.0. The summed E-state index contributed by atoms with van der Waals surface area (Å²) in [5.74, 6) is -1.33. The van der Waals surface area contributed by atoms with E-state index in [2.05, 4.69) is 0 Å². The first-order chi connectivity index (χ1) is 8.88. The van der Waals surface area contributed by atoms with E-state index in [-0.39, 0.29) is 13.2 Å². The summed E-state index contributed by atoms with van der Waals surface area (Å²) in [5, 5.41) is 0. The second kappa shape index (κ2) is 7.08. The highest BCUT2D eigenvalue weighted by atomic mass is 16.6. The lowest BCUT2D eigenvalue weighted by molar-refractivity contribution is -0.189. The molecule has 19 heavy (non-hydrogen) atoms. The molecule has 0 amide bonds. The highest BCUT2D eigenvalue weighted by molar-refractivity contribution is 5.67. The lowest BCUT2D eigenvalue weighted by atomic mass is 10.0. The molecule has 0 aromatic carbocycles. The fraction of sp³-hybridized carbons (Fsp3) is 0.750. The van der Waals surface area contributed by atoms with Gasteiger partial charge in [0.15, 0.2) is 0 Å². The smallest absolute Gasteiger partial charge is 0.302 e. The predicted molar refractivity (Wildman–Crippen MR) is 62.1 cm³/mol. The summed E-state index contributed by atoms with van der Waals surface area (Å²) in [5.41, 5.74) is 0. The lowest BCUT2D eigenvalue weighted by Crippen LogP contribution is -2.47. The van der Waals surface area contributed by atoms with Crippen LogP contribution in [0.25, 0.3) is 0 Å². The number of hydrogen-bond donors (Lipinski definition) is 0. The van der Waals surface area contributed by atoms with Gasteiger partial charge >= 0.3 is 17.9 Å². The van der Waals surface area contributed by atoms with Crippen molar-refractivity contribution in [2.24, 2.45) is 0 Å². The van der Waals surface area contributed by atoms with Gasteiger partial charge in [-0.25, -0.2) is 0 Å². The number of carbonyl (C=O) groups excluding carboxylic acids is 3. The maximum Gasteiger partial charge on any atom is 0.302 e. The van der Waals surface area contributed by atoms with E-state index in [0.29, 0.717) is 6.42 Å². The Bertz CT molecular complexity index is 352. The highest BCUT2D eigenvalue weighted by Crippen LogP contribution is 2.21. The van der Waals surface area contributed by atoms with E-state index in [1.807, 2.05) is 0 Å². The topological polar surface area (TPSA) is 88.1 Å². The molecule has 0 aromatic heterocycles. The Labute approximate surface area is 111 Å². The van der Waals surface area contributed by atoms with Crippen LogP contribution in [0.5, 0.6) is 0 Å². The van der Waals surface area contributed by atoms with Gasteiger partial charge in [0.05, 0.1) is 6.61 Å². The third-order valence-electron chi connectivity index (χ3n) is 2.51. The summed E-state index contributed by atoms with van der Waals surface area (Å²) in [6.45, 7) is 4.04. The van der Waals surface area contributed by atoms with Crippen LogP contribution in [0.4, 0.5) is 0 Å². The Morgan fingerprint density at radius 1 is 1.05 bits per heavy atom. The van der Waals surface area contributed by atoms with Gasteiger partial charge in [-0.05, 0) is 0 Å². The van der Waals surface area contributed by atoms with Crippen LogP contribution in [0.3, 0.4) is 0 Å². The van der Waals surface area contributed by atoms with Crippen molar-refractivity contribution < 1.29 is 33.3 Å². The Morgan fingerprint density at radius 3 is 2.21 bits per heavy atom. The van der Waals surface area contributed by atoms with Crippen molar-refractivity contribution in [1.82, 2.24) is 0 Å². The molecule has 0 spiro atoms. The van der Waals surface area contributed by atoms with E-state index in [0.717, 1.165) is 0 Å². The van der Waals surface area contributed by atoms with Crippen molar-refractivity contribution in [3.05, 3.63) is 0 Å². The monoisotopic (exact) mass is 274 g/mol. The molecule has 1 aliphatic rings. The average Bonchev–Trinajstić information content (AvgIpc) is 2.26. The molecule has 0 saturated carbocycles. The van der Waals surface area contributed by atoms with Gasteiger partial charge in [0.1, 0.15) is 24.9 Å². The molecule has 0 aliphatic carbocycles. The van der Waals surface area contributed by atoms with E-state index in [1.54, 1.807) is 0 Å². The van der Waals surface area contributed by atoms with E-state index >= 15 is 0 Å². The second-order valence-corrected chi connectivity index (χ2v) is 4.29. The molecule has 0 unspecified atom stereocenters. The van der Waals surface area contributed by atoms with Crippen LogP contribution in [0.15, 0.2) is 0 Å². The minimum atomic E-state index is -0.602. The van der Waals surface area contributed by atoms with Crippen molar-refractivity contribution in [3.63, 3.8) is 0 Å². The van der Waals surface area contributed by atoms with E-state index in [4.69, 9.17) is 18.9 Å². The van der Waals surface area contributed by atoms with Crippen LogP contribution < -0.4 is 0 Å². The van der Waals surface area contributed by atoms with Crippen LogP contribution >= 0.6 is 0 Å². The summed E-state index contributed by atoms with van der Waals surface area (Å²) in [6, 6.07) is 0. The molecule has 7 heteroatoms. The zero-order valence-corrected chi connectivity index (χ0v) is 11.2. The van der Waals surface area contributed by atoms with Crippen molar-refractivity contribution in [2.75, 3.05) is 13.2 Å². The SMILES string of the molecule is CC(=O)OC[C@H]1OC[C@H](OC(C)=O)C[C@H]1OC(C)=O. The fourth-order valence-corrected chi connectivity index (χ4v) is 1.83. The van der Waals surface area contributed by atoms with Crippen molar-refractivity contribution in [1.29, 1.82) is 0 Å². The molecular weight excluding hydrogens is 256 g/mol. The number of esters is 3. The minimum absolute atomic E-state index is 0.0000709. The summed E-state index contributed by atoms with van der Waals surface area (Å²) < 4.78 is 20.4. The maximum atomic E-state index is 11.0. The molecule has 1 rings (SSSR count). The molecule has 1 fully saturated rings. The zero-order chi connectivity index (χ0) is 14.4. The number of hydrogen-bond acceptors (Lipinski definition) is 7. The third kappa shape index (κ3) is 5.69. The summed E-state index contributed by atoms with van der Waals surface area (Å²) in [4.78, 5) is 32.7. The first-order valence-electron chi connectivity index (χ1n) is 5.98. The molecule has 0 radical (unpaired) electrons. The van der Waals surface area contributed by atoms with Crippen LogP contribution in [0.1, 0.15) is 27.2 Å². The van der Waals surface area contributed by atoms with Crippen LogP contribution in [-0.2, 0) is 33.3 Å². The minimum Gasteiger partial charge on any atom is -0.463 e. The number of carbonyl (C=O) groups is 3. The molecule has 1 aliphatic heterocycles. The Morgan fingerprint density at radius 2 is 1.68 bits per heavy atom. The van der Waals surface area contributed by atoms with Crippen molar-refractivity contribution in [2.45, 2.75) is 45.5 Å². The number of rotatable bonds is 4. The van der Waals surface area contributed by atoms with Gasteiger partial charge in [-0.15, -0.1) is 0 Å². The molecule has 1 heterocycles. The third-order valence-corrected chi connectivity index (χ3v) is 2.51. The molecule has 3 atom stereocenters. The summed E-state index contributed by atoms with van der Waals surface area (Å²) in [6.07, 6.45) is -1.28. The zero-order valence-electron chi connectivity index (χ0n) is 11.2. The van der Waals surface area contributed by atoms with Gasteiger partial charge in [0.25, 0.3) is 0 Å². The first-order valence-corrected chi connectivity index (χ1v) is 5.98. The van der Waals surface area contributed by atoms with Crippen LogP contribution in [0.2, 0.25) is 0 Å². The Balaban J connectivity index is 2.58. The van der Waals surface area contributed by atoms with Gasteiger partial charge < -0.3 is 18.9 Å². The van der Waals surface area contributed by atoms with E-state index < -0.39 is 36.2 Å². The normalized spacial score (nSPS) is 26.4. The van der Waals surface area contributed by atoms with Gasteiger partial charge in [-0.3, -0.25) is 14.4 Å². The molecule has 7 nitrogen and oxygen atoms in total. The molecule has 0 aromatic rings. The van der Waals surface area contributed by atoms with E-state index in [1.165, 1.54) is 20.8 Å². The first kappa shape index (κ1) is 15.4. The molecular formula is C12H18O7. The van der Waals surface area contributed by atoms with Gasteiger partial charge in [0.2, 0.25) is 0 Å². The second-order valence-electron chi connectivity index (χ2n) is 4.29. The van der Waals surface area contributed by atoms with Crippen molar-refractivity contribution in [3.8, 4) is 0 Å². The fourth-order valence-electron chi connectivity index (χ4n) is 1.83. The molecule has 1 saturated heterocycles. The number of ether oxygens (including phenoxy) is 4. The van der Waals surface area contributed by atoms with Gasteiger partial charge in [-0.2, -0.15) is 0 Å². The highest BCUT2D eigenvalue weighted by Gasteiger charge is 2.35. The predicted octanol–water partition coefficient (Wildman–Crippen LogP) is 0.202. The van der Waals surface area contributed by atoms with Gasteiger partial charge in [0, 0.05) is 27.2 Å². The Hall–Kier alpha value is -1.63. The van der Waals surface area contributed by atoms with Gasteiger partial charge in [-0.1, -0.05) is 0 Å². The molecule has 108 valence electrons. The standard InChI is InChI=1S/C12H18O7/c1-7(13)16-6-12-11(19-9(3)15)4-10(5-17-12)18-8(2)14/h10-12H,4-6H2,1-3H3/t10-,11-,12-/m1/s1. The molecule has 0 bridgehead atoms. The largest absolute Gasteiger partial charge is 0.463 e. The summed E-state index contributed by atoms with van der Waals surface area (Å²) in [7, 11) is 0. The van der Waals surface area contributed by atoms with Crippen molar-refractivity contribution >= 4 is 17.9 Å². The van der Waals surface area contributed by atoms with E-state index in [9.17, 15) is 14.4 Å². The van der Waals surface area contributed by atoms with Crippen LogP contribution in [-0.4, -0.2) is 49.4 Å². The summed E-state index contributed by atoms with van der Waals surface area (Å²) >= 11 is 0. The Kier molecular flexibility index (Phi) is 5.75. The lowest BCUT2D eigenvalue weighted by Gasteiger charge is -2.34.